The molecular weight excluding hydrogens is 244 g/mol. The van der Waals surface area contributed by atoms with E-state index in [1.54, 1.807) is 7.11 Å². The van der Waals surface area contributed by atoms with Crippen LogP contribution in [0, 0.1) is 0 Å². The average Bonchev–Trinajstić information content (AvgIpc) is 2.29. The number of amides is 1. The predicted octanol–water partition coefficient (Wildman–Crippen LogP) is 0.282. The maximum atomic E-state index is 11.8. The molecule has 0 radical (unpaired) electrons. The van der Waals surface area contributed by atoms with Gasteiger partial charge in [0.2, 0.25) is 5.91 Å². The van der Waals surface area contributed by atoms with Gasteiger partial charge >= 0.3 is 0 Å². The van der Waals surface area contributed by atoms with Gasteiger partial charge in [-0.05, 0) is 6.92 Å². The van der Waals surface area contributed by atoms with Gasteiger partial charge in [0.25, 0.3) is 0 Å². The van der Waals surface area contributed by atoms with Gasteiger partial charge in [-0.3, -0.25) is 4.79 Å². The number of hydrogen-bond acceptors (Lipinski definition) is 4. The molecule has 17 heavy (non-hydrogen) atoms. The summed E-state index contributed by atoms with van der Waals surface area (Å²) in [5.41, 5.74) is 0. The van der Waals surface area contributed by atoms with Crippen molar-refractivity contribution >= 4 is 18.3 Å². The molecule has 0 unspecified atom stereocenters. The quantitative estimate of drug-likeness (QED) is 0.702. The van der Waals surface area contributed by atoms with Gasteiger partial charge in [0, 0.05) is 32.8 Å². The van der Waals surface area contributed by atoms with E-state index in [2.05, 4.69) is 12.2 Å². The fourth-order valence-electron chi connectivity index (χ4n) is 1.76. The number of halogens is 1. The normalized spacial score (nSPS) is 19.9. The van der Waals surface area contributed by atoms with Gasteiger partial charge in [0.1, 0.15) is 0 Å². The number of nitrogens with one attached hydrogen (secondary N) is 1. The molecule has 0 spiro atoms. The van der Waals surface area contributed by atoms with Crippen molar-refractivity contribution in [3.63, 3.8) is 0 Å². The number of piperazine rings is 1. The molecule has 6 heteroatoms. The fraction of sp³-hybridized carbons (Fsp3) is 0.909. The van der Waals surface area contributed by atoms with Gasteiger partial charge in [0.05, 0.1) is 26.2 Å². The van der Waals surface area contributed by atoms with E-state index in [1.807, 2.05) is 4.90 Å². The van der Waals surface area contributed by atoms with Crippen molar-refractivity contribution in [3.05, 3.63) is 0 Å². The van der Waals surface area contributed by atoms with E-state index < -0.39 is 0 Å². The Hall–Kier alpha value is -0.360. The molecule has 0 aliphatic carbocycles. The van der Waals surface area contributed by atoms with E-state index in [1.165, 1.54) is 0 Å². The third-order valence-electron chi connectivity index (χ3n) is 2.71. The Bertz CT molecular complexity index is 217. The Balaban J connectivity index is 0.00000256. The lowest BCUT2D eigenvalue weighted by atomic mass is 10.2. The summed E-state index contributed by atoms with van der Waals surface area (Å²) in [5.74, 6) is 0.186. The van der Waals surface area contributed by atoms with Crippen LogP contribution in [0.5, 0.6) is 0 Å². The zero-order valence-corrected chi connectivity index (χ0v) is 11.4. The topological polar surface area (TPSA) is 50.8 Å². The Morgan fingerprint density at radius 2 is 2.18 bits per heavy atom. The first-order valence-corrected chi connectivity index (χ1v) is 5.82. The second-order valence-corrected chi connectivity index (χ2v) is 4.00. The highest BCUT2D eigenvalue weighted by Gasteiger charge is 2.22. The molecule has 1 fully saturated rings. The number of carbonyl (C=O) groups is 1. The zero-order valence-electron chi connectivity index (χ0n) is 10.6. The molecule has 0 aromatic carbocycles. The minimum Gasteiger partial charge on any atom is -0.382 e. The standard InChI is InChI=1S/C11H22N2O3.ClH/c1-10-9-12-4-5-13(10)11(14)3-6-16-8-7-15-2;/h10,12H,3-9H2,1-2H3;1H/t10-;/m0./s1. The van der Waals surface area contributed by atoms with E-state index in [0.29, 0.717) is 32.3 Å². The van der Waals surface area contributed by atoms with Gasteiger partial charge in [-0.25, -0.2) is 0 Å². The van der Waals surface area contributed by atoms with Crippen LogP contribution in [0.2, 0.25) is 0 Å². The van der Waals surface area contributed by atoms with Crippen LogP contribution in [0.15, 0.2) is 0 Å². The van der Waals surface area contributed by atoms with E-state index in [-0.39, 0.29) is 18.3 Å². The molecule has 1 amide bonds. The third kappa shape index (κ3) is 6.21. The Labute approximate surface area is 109 Å². The van der Waals surface area contributed by atoms with Crippen LogP contribution in [0.1, 0.15) is 13.3 Å². The smallest absolute Gasteiger partial charge is 0.225 e. The van der Waals surface area contributed by atoms with Crippen molar-refractivity contribution < 1.29 is 14.3 Å². The molecule has 0 bridgehead atoms. The summed E-state index contributed by atoms with van der Waals surface area (Å²) in [6.07, 6.45) is 0.466. The highest BCUT2D eigenvalue weighted by Crippen LogP contribution is 2.04. The molecule has 1 heterocycles. The molecule has 102 valence electrons. The van der Waals surface area contributed by atoms with E-state index in [0.717, 1.165) is 19.6 Å². The Kier molecular flexibility index (Phi) is 9.44. The summed E-state index contributed by atoms with van der Waals surface area (Å²) in [6, 6.07) is 0.292. The highest BCUT2D eigenvalue weighted by molar-refractivity contribution is 5.85. The van der Waals surface area contributed by atoms with Crippen molar-refractivity contribution in [2.75, 3.05) is 46.6 Å². The summed E-state index contributed by atoms with van der Waals surface area (Å²) >= 11 is 0. The number of carbonyl (C=O) groups excluding carboxylic acids is 1. The largest absolute Gasteiger partial charge is 0.382 e. The highest BCUT2D eigenvalue weighted by atomic mass is 35.5. The first kappa shape index (κ1) is 16.6. The average molecular weight is 267 g/mol. The first-order chi connectivity index (χ1) is 7.75. The van der Waals surface area contributed by atoms with Crippen LogP contribution in [0.4, 0.5) is 0 Å². The van der Waals surface area contributed by atoms with Gasteiger partial charge in [-0.2, -0.15) is 0 Å². The molecule has 1 rings (SSSR count). The summed E-state index contributed by atoms with van der Waals surface area (Å²) in [7, 11) is 1.64. The third-order valence-corrected chi connectivity index (χ3v) is 2.71. The minimum atomic E-state index is 0. The lowest BCUT2D eigenvalue weighted by Crippen LogP contribution is -2.52. The van der Waals surface area contributed by atoms with Gasteiger partial charge in [0.15, 0.2) is 0 Å². The van der Waals surface area contributed by atoms with E-state index in [4.69, 9.17) is 9.47 Å². The summed E-state index contributed by atoms with van der Waals surface area (Å²) < 4.78 is 10.1. The molecule has 5 nitrogen and oxygen atoms in total. The lowest BCUT2D eigenvalue weighted by Gasteiger charge is -2.34. The van der Waals surface area contributed by atoms with Crippen molar-refractivity contribution in [2.45, 2.75) is 19.4 Å². The Morgan fingerprint density at radius 1 is 1.41 bits per heavy atom. The minimum absolute atomic E-state index is 0. The Morgan fingerprint density at radius 3 is 2.82 bits per heavy atom. The number of rotatable bonds is 6. The molecule has 1 aliphatic heterocycles. The molecule has 0 aromatic rings. The van der Waals surface area contributed by atoms with Crippen LogP contribution >= 0.6 is 12.4 Å². The summed E-state index contributed by atoms with van der Waals surface area (Å²) in [5, 5.41) is 3.26. The summed E-state index contributed by atoms with van der Waals surface area (Å²) in [6.45, 7) is 6.27. The molecule has 1 aliphatic rings. The predicted molar refractivity (Wildman–Crippen MR) is 68.6 cm³/mol. The van der Waals surface area contributed by atoms with E-state index in [9.17, 15) is 4.79 Å². The van der Waals surface area contributed by atoms with Crippen LogP contribution < -0.4 is 5.32 Å². The second kappa shape index (κ2) is 9.65. The first-order valence-electron chi connectivity index (χ1n) is 5.82. The van der Waals surface area contributed by atoms with Crippen LogP contribution in [0.25, 0.3) is 0 Å². The molecule has 0 saturated carbocycles. The number of methoxy groups -OCH3 is 1. The molecule has 1 atom stereocenters. The molecule has 0 aromatic heterocycles. The van der Waals surface area contributed by atoms with E-state index >= 15 is 0 Å². The molecular formula is C11H23ClN2O3. The monoisotopic (exact) mass is 266 g/mol. The maximum absolute atomic E-state index is 11.8. The fourth-order valence-corrected chi connectivity index (χ4v) is 1.76. The van der Waals surface area contributed by atoms with Crippen molar-refractivity contribution in [2.24, 2.45) is 0 Å². The van der Waals surface area contributed by atoms with Crippen molar-refractivity contribution in [1.29, 1.82) is 0 Å². The van der Waals surface area contributed by atoms with Crippen molar-refractivity contribution in [1.82, 2.24) is 10.2 Å². The summed E-state index contributed by atoms with van der Waals surface area (Å²) in [4.78, 5) is 13.8. The van der Waals surface area contributed by atoms with Gasteiger partial charge in [-0.15, -0.1) is 12.4 Å². The lowest BCUT2D eigenvalue weighted by molar-refractivity contribution is -0.135. The second-order valence-electron chi connectivity index (χ2n) is 4.00. The van der Waals surface area contributed by atoms with Crippen LogP contribution in [0.3, 0.4) is 0 Å². The number of nitrogens with zero attached hydrogens (tertiary/aromatic N) is 1. The van der Waals surface area contributed by atoms with Crippen molar-refractivity contribution in [3.8, 4) is 0 Å². The number of ether oxygens (including phenoxy) is 2. The SMILES string of the molecule is COCCOCCC(=O)N1CCNC[C@@H]1C.Cl. The van der Waals surface area contributed by atoms with Gasteiger partial charge in [-0.1, -0.05) is 0 Å². The van der Waals surface area contributed by atoms with Crippen LogP contribution in [-0.4, -0.2) is 63.4 Å². The zero-order chi connectivity index (χ0) is 11.8. The molecule has 1 saturated heterocycles. The molecule has 1 N–H and O–H groups in total. The number of hydrogen-bond donors (Lipinski definition) is 1. The van der Waals surface area contributed by atoms with Gasteiger partial charge < -0.3 is 19.7 Å². The van der Waals surface area contributed by atoms with Crippen LogP contribution in [-0.2, 0) is 14.3 Å². The maximum Gasteiger partial charge on any atom is 0.225 e.